The van der Waals surface area contributed by atoms with Gasteiger partial charge in [-0.05, 0) is 47.5 Å². The van der Waals surface area contributed by atoms with E-state index in [-0.39, 0.29) is 0 Å². The van der Waals surface area contributed by atoms with E-state index in [4.69, 9.17) is 14.7 Å². The fraction of sp³-hybridized carbons (Fsp3) is 0.259. The highest BCUT2D eigenvalue weighted by molar-refractivity contribution is 9.10. The van der Waals surface area contributed by atoms with Crippen LogP contribution in [0.15, 0.2) is 47.5 Å². The Hall–Kier alpha value is -4.09. The van der Waals surface area contributed by atoms with Crippen molar-refractivity contribution in [1.29, 1.82) is 0 Å². The zero-order valence-electron chi connectivity index (χ0n) is 23.2. The van der Waals surface area contributed by atoms with Crippen LogP contribution in [0.25, 0.3) is 22.2 Å². The molecule has 0 amide bonds. The zero-order valence-corrected chi connectivity index (χ0v) is 25.7. The molecule has 0 saturated heterocycles. The maximum atomic E-state index is 13.4. The Morgan fingerprint density at radius 2 is 1.80 bits per heavy atom. The molecule has 14 heteroatoms. The number of aromatic nitrogens is 7. The normalized spacial score (nSPS) is 13.0. The van der Waals surface area contributed by atoms with Crippen LogP contribution in [0.2, 0.25) is 0 Å². The van der Waals surface area contributed by atoms with Crippen LogP contribution in [0.3, 0.4) is 0 Å². The average Bonchev–Trinajstić information content (AvgIpc) is 3.25. The number of aryl methyl sites for hydroxylation is 1. The molecular weight excluding hydrogens is 607 g/mol. The number of nitrogens with zero attached hydrogens (tertiary/aromatic N) is 8. The molecule has 5 aromatic rings. The molecule has 12 nitrogen and oxygen atoms in total. The minimum Gasteiger partial charge on any atom is -0.479 e. The van der Waals surface area contributed by atoms with E-state index in [9.17, 15) is 4.57 Å². The van der Waals surface area contributed by atoms with E-state index in [1.165, 1.54) is 0 Å². The van der Waals surface area contributed by atoms with Gasteiger partial charge in [-0.2, -0.15) is 15.1 Å². The number of pyridine rings is 1. The van der Waals surface area contributed by atoms with Crippen LogP contribution in [-0.4, -0.2) is 68.7 Å². The van der Waals surface area contributed by atoms with Gasteiger partial charge < -0.3 is 24.8 Å². The molecule has 1 aliphatic heterocycles. The van der Waals surface area contributed by atoms with Crippen LogP contribution in [-0.2, 0) is 18.0 Å². The summed E-state index contributed by atoms with van der Waals surface area (Å²) in [5, 5.41) is 11.7. The Bertz CT molecular complexity index is 1850. The number of anilines is 5. The molecular formula is C27H28BrN10O2P. The molecule has 0 radical (unpaired) electrons. The molecule has 0 unspecified atom stereocenters. The van der Waals surface area contributed by atoms with E-state index in [0.29, 0.717) is 49.8 Å². The number of methoxy groups -OCH3 is 1. The first-order chi connectivity index (χ1) is 19.6. The summed E-state index contributed by atoms with van der Waals surface area (Å²) in [5.41, 5.74) is 5.61. The quantitative estimate of drug-likeness (QED) is 0.251. The van der Waals surface area contributed by atoms with Gasteiger partial charge in [0.25, 0.3) is 0 Å². The number of hydrogen-bond acceptors (Lipinski definition) is 11. The maximum Gasteiger partial charge on any atom is 0.239 e. The van der Waals surface area contributed by atoms with Crippen molar-refractivity contribution < 1.29 is 9.30 Å². The molecule has 0 spiro atoms. The summed E-state index contributed by atoms with van der Waals surface area (Å²) in [7, 11) is 2.80. The largest absolute Gasteiger partial charge is 0.479 e. The lowest BCUT2D eigenvalue weighted by atomic mass is 10.1. The third-order valence-electron chi connectivity index (χ3n) is 6.95. The molecule has 41 heavy (non-hydrogen) atoms. The third-order valence-corrected chi connectivity index (χ3v) is 9.06. The number of halogens is 1. The first-order valence-corrected chi connectivity index (χ1v) is 16.2. The Labute approximate surface area is 245 Å². The summed E-state index contributed by atoms with van der Waals surface area (Å²) in [5.74, 6) is 2.03. The van der Waals surface area contributed by atoms with Crippen LogP contribution in [0.4, 0.5) is 29.0 Å². The molecule has 210 valence electrons. The van der Waals surface area contributed by atoms with E-state index in [1.807, 2.05) is 43.2 Å². The second kappa shape index (κ2) is 10.4. The summed E-state index contributed by atoms with van der Waals surface area (Å²) in [6, 6.07) is 5.68. The third kappa shape index (κ3) is 5.00. The monoisotopic (exact) mass is 634 g/mol. The highest BCUT2D eigenvalue weighted by Gasteiger charge is 2.25. The molecule has 1 aliphatic rings. The van der Waals surface area contributed by atoms with Crippen molar-refractivity contribution in [2.24, 2.45) is 7.05 Å². The molecule has 0 atom stereocenters. The minimum absolute atomic E-state index is 0.322. The van der Waals surface area contributed by atoms with Gasteiger partial charge in [0, 0.05) is 62.5 Å². The average molecular weight is 635 g/mol. The number of rotatable bonds is 6. The van der Waals surface area contributed by atoms with Crippen molar-refractivity contribution in [3.63, 3.8) is 0 Å². The van der Waals surface area contributed by atoms with Gasteiger partial charge in [0.05, 0.1) is 34.3 Å². The number of hydrogen-bond donors (Lipinski definition) is 2. The van der Waals surface area contributed by atoms with Gasteiger partial charge in [0.15, 0.2) is 0 Å². The van der Waals surface area contributed by atoms with Crippen molar-refractivity contribution in [3.05, 3.63) is 53.2 Å². The Balaban J connectivity index is 1.40. The standard InChI is InChI=1S/C27H28BrN10O2P/c1-37-11-8-21-16(13-32-38(21)2)15-12-20(26(40-3)36-25(15)37)34-27-31-14-17(28)24(35-27)33-19-7-6-18-22(30-10-9-29-18)23(19)41(4,5)39/h6-7,9-10,12-14H,8,11H2,1-5H3,(H2,31,33,34,35). The molecule has 2 N–H and O–H groups in total. The number of ether oxygens (including phenoxy) is 1. The fourth-order valence-electron chi connectivity index (χ4n) is 5.02. The van der Waals surface area contributed by atoms with Crippen molar-refractivity contribution >= 4 is 68.4 Å². The van der Waals surface area contributed by atoms with E-state index in [2.05, 4.69) is 51.5 Å². The predicted molar refractivity (Wildman–Crippen MR) is 165 cm³/mol. The van der Waals surface area contributed by atoms with Gasteiger partial charge in [-0.1, -0.05) is 0 Å². The minimum atomic E-state index is -2.75. The number of likely N-dealkylation sites (N-methyl/N-ethyl adjacent to an activating group) is 1. The summed E-state index contributed by atoms with van der Waals surface area (Å²) >= 11 is 3.55. The van der Waals surface area contributed by atoms with Gasteiger partial charge in [-0.3, -0.25) is 14.6 Å². The van der Waals surface area contributed by atoms with E-state index < -0.39 is 7.14 Å². The van der Waals surface area contributed by atoms with Gasteiger partial charge >= 0.3 is 0 Å². The number of benzene rings is 1. The van der Waals surface area contributed by atoms with Crippen LogP contribution in [0, 0.1) is 0 Å². The Morgan fingerprint density at radius 1 is 1.00 bits per heavy atom. The van der Waals surface area contributed by atoms with Crippen LogP contribution in [0.1, 0.15) is 5.69 Å². The summed E-state index contributed by atoms with van der Waals surface area (Å²) in [4.78, 5) is 25.0. The Morgan fingerprint density at radius 3 is 2.59 bits per heavy atom. The molecule has 1 aromatic carbocycles. The lowest BCUT2D eigenvalue weighted by molar-refractivity contribution is 0.400. The van der Waals surface area contributed by atoms with Crippen molar-refractivity contribution in [1.82, 2.24) is 34.7 Å². The van der Waals surface area contributed by atoms with Gasteiger partial charge in [0.2, 0.25) is 11.8 Å². The summed E-state index contributed by atoms with van der Waals surface area (Å²) in [6.45, 7) is 4.23. The topological polar surface area (TPSA) is 136 Å². The van der Waals surface area contributed by atoms with Crippen LogP contribution >= 0.6 is 23.1 Å². The van der Waals surface area contributed by atoms with E-state index in [0.717, 1.165) is 35.6 Å². The first kappa shape index (κ1) is 27.1. The number of fused-ring (bicyclic) bond motifs is 4. The predicted octanol–water partition coefficient (Wildman–Crippen LogP) is 4.71. The first-order valence-electron chi connectivity index (χ1n) is 12.8. The van der Waals surface area contributed by atoms with Crippen molar-refractivity contribution in [3.8, 4) is 17.0 Å². The molecule has 6 rings (SSSR count). The fourth-order valence-corrected chi connectivity index (χ4v) is 6.70. The molecule has 0 fully saturated rings. The zero-order chi connectivity index (χ0) is 28.9. The second-order valence-corrected chi connectivity index (χ2v) is 14.1. The van der Waals surface area contributed by atoms with Gasteiger partial charge in [-0.15, -0.1) is 0 Å². The Kier molecular flexibility index (Phi) is 6.87. The molecule has 4 aromatic heterocycles. The number of nitrogens with one attached hydrogen (secondary N) is 2. The lowest BCUT2D eigenvalue weighted by Gasteiger charge is -2.20. The summed E-state index contributed by atoms with van der Waals surface area (Å²) < 4.78 is 21.6. The van der Waals surface area contributed by atoms with E-state index >= 15 is 0 Å². The highest BCUT2D eigenvalue weighted by Crippen LogP contribution is 2.42. The van der Waals surface area contributed by atoms with Gasteiger partial charge in [0.1, 0.15) is 30.0 Å². The molecule has 5 heterocycles. The van der Waals surface area contributed by atoms with Gasteiger partial charge in [-0.25, -0.2) is 4.98 Å². The van der Waals surface area contributed by atoms with Crippen molar-refractivity contribution in [2.75, 3.05) is 49.6 Å². The molecule has 0 aliphatic carbocycles. The second-order valence-electron chi connectivity index (χ2n) is 10.1. The van der Waals surface area contributed by atoms with Crippen LogP contribution < -0.4 is 25.6 Å². The highest BCUT2D eigenvalue weighted by atomic mass is 79.9. The van der Waals surface area contributed by atoms with Crippen molar-refractivity contribution in [2.45, 2.75) is 6.42 Å². The molecule has 0 saturated carbocycles. The maximum absolute atomic E-state index is 13.4. The van der Waals surface area contributed by atoms with Crippen LogP contribution in [0.5, 0.6) is 5.88 Å². The SMILES string of the molecule is COc1nc2c(cc1Nc1ncc(Br)c(Nc3ccc4nccnc4c3P(C)(C)=O)n1)-c1cnn(C)c1CCN2C. The molecule has 0 bridgehead atoms. The smallest absolute Gasteiger partial charge is 0.239 e. The summed E-state index contributed by atoms with van der Waals surface area (Å²) in [6.07, 6.45) is 7.58. The lowest BCUT2D eigenvalue weighted by Crippen LogP contribution is -2.21. The van der Waals surface area contributed by atoms with E-state index in [1.54, 1.807) is 39.0 Å².